The number of alkyl halides is 3. The first kappa shape index (κ1) is 9.05. The van der Waals surface area contributed by atoms with Gasteiger partial charge in [-0.05, 0) is 6.92 Å². The highest BCUT2D eigenvalue weighted by atomic mass is 19.4. The summed E-state index contributed by atoms with van der Waals surface area (Å²) in [6, 6.07) is -0.666. The molecule has 3 nitrogen and oxygen atoms in total. The molecule has 12 heavy (non-hydrogen) atoms. The Morgan fingerprint density at radius 3 is 2.50 bits per heavy atom. The fraction of sp³-hybridized carbons (Fsp3) is 0.500. The number of hydrogen-bond donors (Lipinski definition) is 2. The van der Waals surface area contributed by atoms with Crippen molar-refractivity contribution in [1.82, 2.24) is 10.2 Å². The van der Waals surface area contributed by atoms with Gasteiger partial charge in [0.15, 0.2) is 0 Å². The molecule has 1 heterocycles. The third-order valence-corrected chi connectivity index (χ3v) is 1.44. The Balaban J connectivity index is 3.08. The number of aromatic amines is 1. The molecule has 0 bridgehead atoms. The highest BCUT2D eigenvalue weighted by Crippen LogP contribution is 2.31. The minimum absolute atomic E-state index is 0.0116. The zero-order chi connectivity index (χ0) is 9.35. The minimum Gasteiger partial charge on any atom is -0.324 e. The second-order valence-corrected chi connectivity index (χ2v) is 2.49. The van der Waals surface area contributed by atoms with Crippen LogP contribution in [0.15, 0.2) is 6.20 Å². The molecule has 0 spiro atoms. The molecule has 0 radical (unpaired) electrons. The summed E-state index contributed by atoms with van der Waals surface area (Å²) in [7, 11) is 0. The second kappa shape index (κ2) is 2.78. The molecule has 1 atom stereocenters. The Hall–Kier alpha value is -1.04. The van der Waals surface area contributed by atoms with E-state index in [0.717, 1.165) is 6.20 Å². The molecule has 0 fully saturated rings. The van der Waals surface area contributed by atoms with Crippen LogP contribution in [0.5, 0.6) is 0 Å². The molecule has 3 N–H and O–H groups in total. The smallest absolute Gasteiger partial charge is 0.324 e. The van der Waals surface area contributed by atoms with Crippen molar-refractivity contribution in [2.45, 2.75) is 19.1 Å². The zero-order valence-corrected chi connectivity index (χ0v) is 6.31. The first-order chi connectivity index (χ1) is 5.43. The molecule has 1 aromatic heterocycles. The van der Waals surface area contributed by atoms with Crippen molar-refractivity contribution in [3.05, 3.63) is 17.5 Å². The van der Waals surface area contributed by atoms with E-state index >= 15 is 0 Å². The normalized spacial score (nSPS) is 14.8. The Kier molecular flexibility index (Phi) is 2.10. The van der Waals surface area contributed by atoms with Crippen LogP contribution in [0, 0.1) is 0 Å². The van der Waals surface area contributed by atoms with Gasteiger partial charge in [0.25, 0.3) is 0 Å². The quantitative estimate of drug-likeness (QED) is 0.685. The average Bonchev–Trinajstić information content (AvgIpc) is 2.30. The van der Waals surface area contributed by atoms with Gasteiger partial charge in [-0.1, -0.05) is 0 Å². The molecular weight excluding hydrogens is 171 g/mol. The molecule has 1 aromatic rings. The number of halogens is 3. The number of aromatic nitrogens is 2. The Bertz CT molecular complexity index is 263. The van der Waals surface area contributed by atoms with E-state index < -0.39 is 17.9 Å². The van der Waals surface area contributed by atoms with Gasteiger partial charge in [-0.3, -0.25) is 5.10 Å². The number of rotatable bonds is 1. The van der Waals surface area contributed by atoms with Gasteiger partial charge in [0.1, 0.15) is 5.69 Å². The predicted octanol–water partition coefficient (Wildman–Crippen LogP) is 1.45. The number of nitrogens with two attached hydrogens (primary N) is 1. The number of nitrogens with zero attached hydrogens (tertiary/aromatic N) is 1. The van der Waals surface area contributed by atoms with Crippen molar-refractivity contribution in [2.75, 3.05) is 0 Å². The molecular formula is C6H8F3N3. The summed E-state index contributed by atoms with van der Waals surface area (Å²) in [5, 5.41) is 5.16. The van der Waals surface area contributed by atoms with Crippen LogP contribution in [-0.4, -0.2) is 10.2 Å². The fourth-order valence-electron chi connectivity index (χ4n) is 0.868. The van der Waals surface area contributed by atoms with Crippen LogP contribution in [0.1, 0.15) is 24.2 Å². The van der Waals surface area contributed by atoms with Crippen LogP contribution < -0.4 is 5.73 Å². The SMILES string of the molecule is CC(N)c1cn[nH]c1C(F)(F)F. The number of hydrogen-bond acceptors (Lipinski definition) is 2. The van der Waals surface area contributed by atoms with E-state index in [2.05, 4.69) is 5.10 Å². The molecule has 0 aliphatic rings. The number of nitrogens with one attached hydrogen (secondary N) is 1. The van der Waals surface area contributed by atoms with Crippen molar-refractivity contribution >= 4 is 0 Å². The van der Waals surface area contributed by atoms with Crippen LogP contribution in [0.25, 0.3) is 0 Å². The second-order valence-electron chi connectivity index (χ2n) is 2.49. The van der Waals surface area contributed by atoms with Gasteiger partial charge in [0.05, 0.1) is 6.20 Å². The first-order valence-electron chi connectivity index (χ1n) is 3.29. The highest BCUT2D eigenvalue weighted by Gasteiger charge is 2.36. The summed E-state index contributed by atoms with van der Waals surface area (Å²) in [5.41, 5.74) is 4.42. The van der Waals surface area contributed by atoms with Gasteiger partial charge in [-0.2, -0.15) is 18.3 Å². The van der Waals surface area contributed by atoms with Gasteiger partial charge in [-0.15, -0.1) is 0 Å². The maximum Gasteiger partial charge on any atom is 0.433 e. The van der Waals surface area contributed by atoms with Crippen molar-refractivity contribution in [2.24, 2.45) is 5.73 Å². The van der Waals surface area contributed by atoms with Crippen molar-refractivity contribution < 1.29 is 13.2 Å². The molecule has 68 valence electrons. The molecule has 6 heteroatoms. The fourth-order valence-corrected chi connectivity index (χ4v) is 0.868. The van der Waals surface area contributed by atoms with Crippen molar-refractivity contribution in [3.8, 4) is 0 Å². The molecule has 0 saturated carbocycles. The van der Waals surface area contributed by atoms with Crippen LogP contribution in [-0.2, 0) is 6.18 Å². The Labute approximate surface area is 66.8 Å². The summed E-state index contributed by atoms with van der Waals surface area (Å²) in [5.74, 6) is 0. The van der Waals surface area contributed by atoms with E-state index in [1.54, 1.807) is 0 Å². The molecule has 1 rings (SSSR count). The maximum atomic E-state index is 12.1. The van der Waals surface area contributed by atoms with Crippen LogP contribution in [0.2, 0.25) is 0 Å². The lowest BCUT2D eigenvalue weighted by atomic mass is 10.1. The summed E-state index contributed by atoms with van der Waals surface area (Å²) in [6.07, 6.45) is -3.31. The minimum atomic E-state index is -4.40. The molecule has 0 amide bonds. The largest absolute Gasteiger partial charge is 0.433 e. The molecule has 0 aromatic carbocycles. The lowest BCUT2D eigenvalue weighted by Crippen LogP contribution is -2.14. The predicted molar refractivity (Wildman–Crippen MR) is 36.2 cm³/mol. The molecule has 0 aliphatic carbocycles. The van der Waals surface area contributed by atoms with E-state index in [4.69, 9.17) is 5.73 Å². The summed E-state index contributed by atoms with van der Waals surface area (Å²) < 4.78 is 36.3. The summed E-state index contributed by atoms with van der Waals surface area (Å²) in [4.78, 5) is 0. The van der Waals surface area contributed by atoms with Crippen molar-refractivity contribution in [3.63, 3.8) is 0 Å². The standard InChI is InChI=1S/C6H8F3N3/c1-3(10)4-2-11-12-5(4)6(7,8)9/h2-3H,10H2,1H3,(H,11,12). The van der Waals surface area contributed by atoms with Gasteiger partial charge in [0.2, 0.25) is 0 Å². The van der Waals surface area contributed by atoms with Crippen molar-refractivity contribution in [1.29, 1.82) is 0 Å². The van der Waals surface area contributed by atoms with Gasteiger partial charge in [-0.25, -0.2) is 0 Å². The van der Waals surface area contributed by atoms with E-state index in [1.807, 2.05) is 5.10 Å². The summed E-state index contributed by atoms with van der Waals surface area (Å²) in [6.45, 7) is 1.47. The average molecular weight is 179 g/mol. The van der Waals surface area contributed by atoms with E-state index in [1.165, 1.54) is 6.92 Å². The van der Waals surface area contributed by atoms with Crippen LogP contribution in [0.3, 0.4) is 0 Å². The zero-order valence-electron chi connectivity index (χ0n) is 6.31. The van der Waals surface area contributed by atoms with E-state index in [-0.39, 0.29) is 5.56 Å². The summed E-state index contributed by atoms with van der Waals surface area (Å²) >= 11 is 0. The van der Waals surface area contributed by atoms with Gasteiger partial charge in [0, 0.05) is 11.6 Å². The van der Waals surface area contributed by atoms with Gasteiger partial charge < -0.3 is 5.73 Å². The van der Waals surface area contributed by atoms with Crippen LogP contribution in [0.4, 0.5) is 13.2 Å². The lowest BCUT2D eigenvalue weighted by molar-refractivity contribution is -0.141. The Morgan fingerprint density at radius 2 is 2.17 bits per heavy atom. The molecule has 0 aliphatic heterocycles. The molecule has 0 saturated heterocycles. The first-order valence-corrected chi connectivity index (χ1v) is 3.29. The third kappa shape index (κ3) is 1.58. The lowest BCUT2D eigenvalue weighted by Gasteiger charge is -2.08. The maximum absolute atomic E-state index is 12.1. The third-order valence-electron chi connectivity index (χ3n) is 1.44. The van der Waals surface area contributed by atoms with Crippen LogP contribution >= 0.6 is 0 Å². The topological polar surface area (TPSA) is 54.7 Å². The van der Waals surface area contributed by atoms with Gasteiger partial charge >= 0.3 is 6.18 Å². The monoisotopic (exact) mass is 179 g/mol. The molecule has 1 unspecified atom stereocenters. The highest BCUT2D eigenvalue weighted by molar-refractivity contribution is 5.22. The van der Waals surface area contributed by atoms with E-state index in [9.17, 15) is 13.2 Å². The Morgan fingerprint density at radius 1 is 1.58 bits per heavy atom. The number of H-pyrrole nitrogens is 1. The van der Waals surface area contributed by atoms with E-state index in [0.29, 0.717) is 0 Å².